The van der Waals surface area contributed by atoms with Gasteiger partial charge >= 0.3 is 0 Å². The molecule has 0 spiro atoms. The minimum atomic E-state index is 0.401. The molecule has 4 nitrogen and oxygen atoms in total. The Balaban J connectivity index is 3.25. The average molecular weight is 152 g/mol. The predicted molar refractivity (Wildman–Crippen MR) is 43.8 cm³/mol. The van der Waals surface area contributed by atoms with E-state index >= 15 is 0 Å². The fourth-order valence-corrected chi connectivity index (χ4v) is 1.01. The number of nitrogens with two attached hydrogens (primary N) is 2. The van der Waals surface area contributed by atoms with E-state index in [0.717, 1.165) is 11.3 Å². The Morgan fingerprint density at radius 2 is 1.91 bits per heavy atom. The van der Waals surface area contributed by atoms with Crippen molar-refractivity contribution in [1.82, 2.24) is 9.97 Å². The molecule has 0 radical (unpaired) electrons. The second-order valence-corrected chi connectivity index (χ2v) is 2.42. The van der Waals surface area contributed by atoms with Gasteiger partial charge < -0.3 is 11.5 Å². The number of nitrogen functional groups attached to an aromatic ring is 1. The van der Waals surface area contributed by atoms with Gasteiger partial charge in [0.1, 0.15) is 11.6 Å². The highest BCUT2D eigenvalue weighted by atomic mass is 14.9. The highest BCUT2D eigenvalue weighted by Crippen LogP contribution is 2.10. The van der Waals surface area contributed by atoms with E-state index in [4.69, 9.17) is 11.5 Å². The van der Waals surface area contributed by atoms with Crippen molar-refractivity contribution in [2.45, 2.75) is 20.4 Å². The van der Waals surface area contributed by atoms with Crippen LogP contribution in [0.25, 0.3) is 0 Å². The first-order chi connectivity index (χ1) is 5.15. The number of hydrogen-bond donors (Lipinski definition) is 2. The maximum atomic E-state index is 5.60. The summed E-state index contributed by atoms with van der Waals surface area (Å²) in [5.41, 5.74) is 12.8. The van der Waals surface area contributed by atoms with Gasteiger partial charge in [-0.05, 0) is 13.8 Å². The molecular weight excluding hydrogens is 140 g/mol. The molecule has 0 atom stereocenters. The first kappa shape index (κ1) is 7.94. The zero-order valence-corrected chi connectivity index (χ0v) is 6.76. The molecule has 4 heteroatoms. The summed E-state index contributed by atoms with van der Waals surface area (Å²) >= 11 is 0. The smallest absolute Gasteiger partial charge is 0.131 e. The van der Waals surface area contributed by atoms with E-state index in [0.29, 0.717) is 18.2 Å². The molecule has 0 saturated heterocycles. The molecule has 0 aliphatic heterocycles. The number of anilines is 1. The molecule has 0 aliphatic rings. The second kappa shape index (κ2) is 2.84. The van der Waals surface area contributed by atoms with E-state index in [1.807, 2.05) is 13.8 Å². The Morgan fingerprint density at radius 1 is 1.27 bits per heavy atom. The summed E-state index contributed by atoms with van der Waals surface area (Å²) in [6.45, 7) is 4.09. The third kappa shape index (κ3) is 1.46. The fraction of sp³-hybridized carbons (Fsp3) is 0.429. The highest BCUT2D eigenvalue weighted by Gasteiger charge is 2.03. The number of aromatic nitrogens is 2. The van der Waals surface area contributed by atoms with Crippen LogP contribution in [0.15, 0.2) is 0 Å². The Labute approximate surface area is 65.6 Å². The quantitative estimate of drug-likeness (QED) is 0.599. The molecule has 0 aliphatic carbocycles. The van der Waals surface area contributed by atoms with E-state index in [1.165, 1.54) is 0 Å². The van der Waals surface area contributed by atoms with Gasteiger partial charge in [0.25, 0.3) is 0 Å². The Morgan fingerprint density at radius 3 is 2.36 bits per heavy atom. The summed E-state index contributed by atoms with van der Waals surface area (Å²) in [6, 6.07) is 0. The fourth-order valence-electron chi connectivity index (χ4n) is 1.01. The number of nitrogens with zero attached hydrogens (tertiary/aromatic N) is 2. The van der Waals surface area contributed by atoms with Crippen LogP contribution < -0.4 is 11.5 Å². The molecule has 0 aromatic carbocycles. The van der Waals surface area contributed by atoms with Crippen molar-refractivity contribution in [3.8, 4) is 0 Å². The largest absolute Gasteiger partial charge is 0.383 e. The van der Waals surface area contributed by atoms with Gasteiger partial charge in [0.2, 0.25) is 0 Å². The molecule has 1 heterocycles. The van der Waals surface area contributed by atoms with Gasteiger partial charge in [-0.3, -0.25) is 0 Å². The standard InChI is InChI=1S/C7H12N4/c1-4-6(3-8)7(9)11-5(2)10-4/h3,8H2,1-2H3,(H2,9,10,11). The number of aryl methyl sites for hydroxylation is 2. The van der Waals surface area contributed by atoms with E-state index in [9.17, 15) is 0 Å². The second-order valence-electron chi connectivity index (χ2n) is 2.42. The van der Waals surface area contributed by atoms with Crippen molar-refractivity contribution < 1.29 is 0 Å². The van der Waals surface area contributed by atoms with Crippen LogP contribution in [0.2, 0.25) is 0 Å². The van der Waals surface area contributed by atoms with E-state index in [-0.39, 0.29) is 0 Å². The summed E-state index contributed by atoms with van der Waals surface area (Å²) in [6.07, 6.45) is 0. The Kier molecular flexibility index (Phi) is 2.05. The summed E-state index contributed by atoms with van der Waals surface area (Å²) in [7, 11) is 0. The van der Waals surface area contributed by atoms with Gasteiger partial charge in [-0.25, -0.2) is 9.97 Å². The lowest BCUT2D eigenvalue weighted by atomic mass is 10.2. The van der Waals surface area contributed by atoms with Crippen molar-refractivity contribution in [1.29, 1.82) is 0 Å². The molecule has 0 unspecified atom stereocenters. The molecule has 0 bridgehead atoms. The van der Waals surface area contributed by atoms with Crippen LogP contribution in [0, 0.1) is 13.8 Å². The van der Waals surface area contributed by atoms with Gasteiger partial charge in [-0.1, -0.05) is 0 Å². The summed E-state index contributed by atoms with van der Waals surface area (Å²) in [5.74, 6) is 1.19. The third-order valence-electron chi connectivity index (χ3n) is 1.56. The van der Waals surface area contributed by atoms with Gasteiger partial charge in [0, 0.05) is 17.8 Å². The highest BCUT2D eigenvalue weighted by molar-refractivity contribution is 5.41. The van der Waals surface area contributed by atoms with E-state index in [1.54, 1.807) is 0 Å². The maximum absolute atomic E-state index is 5.60. The van der Waals surface area contributed by atoms with Crippen LogP contribution in [0.1, 0.15) is 17.1 Å². The SMILES string of the molecule is Cc1nc(C)c(CN)c(N)n1. The van der Waals surface area contributed by atoms with Crippen LogP contribution in [0.3, 0.4) is 0 Å². The molecule has 0 amide bonds. The lowest BCUT2D eigenvalue weighted by Gasteiger charge is -2.05. The average Bonchev–Trinajstić information content (AvgIpc) is 1.85. The van der Waals surface area contributed by atoms with Crippen molar-refractivity contribution in [2.75, 3.05) is 5.73 Å². The predicted octanol–water partition coefficient (Wildman–Crippen LogP) is 0.134. The van der Waals surface area contributed by atoms with Crippen molar-refractivity contribution >= 4 is 5.82 Å². The minimum absolute atomic E-state index is 0.401. The van der Waals surface area contributed by atoms with Gasteiger partial charge in [-0.2, -0.15) is 0 Å². The van der Waals surface area contributed by atoms with Crippen LogP contribution in [-0.2, 0) is 6.54 Å². The van der Waals surface area contributed by atoms with E-state index < -0.39 is 0 Å². The number of hydrogen-bond acceptors (Lipinski definition) is 4. The van der Waals surface area contributed by atoms with Crippen molar-refractivity contribution in [3.63, 3.8) is 0 Å². The summed E-state index contributed by atoms with van der Waals surface area (Å²) in [5, 5.41) is 0. The molecule has 1 rings (SSSR count). The molecular formula is C7H12N4. The molecule has 0 fully saturated rings. The normalized spacial score (nSPS) is 10.1. The van der Waals surface area contributed by atoms with E-state index in [2.05, 4.69) is 9.97 Å². The molecule has 1 aromatic heterocycles. The maximum Gasteiger partial charge on any atom is 0.131 e. The van der Waals surface area contributed by atoms with Crippen molar-refractivity contribution in [3.05, 3.63) is 17.1 Å². The molecule has 60 valence electrons. The molecule has 1 aromatic rings. The van der Waals surface area contributed by atoms with Crippen LogP contribution in [0.5, 0.6) is 0 Å². The number of rotatable bonds is 1. The molecule has 11 heavy (non-hydrogen) atoms. The zero-order valence-electron chi connectivity index (χ0n) is 6.76. The minimum Gasteiger partial charge on any atom is -0.383 e. The Hall–Kier alpha value is -1.16. The first-order valence-electron chi connectivity index (χ1n) is 3.44. The van der Waals surface area contributed by atoms with Crippen molar-refractivity contribution in [2.24, 2.45) is 5.73 Å². The lowest BCUT2D eigenvalue weighted by Crippen LogP contribution is -2.09. The summed E-state index contributed by atoms with van der Waals surface area (Å²) < 4.78 is 0. The molecule has 4 N–H and O–H groups in total. The third-order valence-corrected chi connectivity index (χ3v) is 1.56. The summed E-state index contributed by atoms with van der Waals surface area (Å²) in [4.78, 5) is 8.13. The van der Waals surface area contributed by atoms with Crippen LogP contribution >= 0.6 is 0 Å². The van der Waals surface area contributed by atoms with Crippen LogP contribution in [-0.4, -0.2) is 9.97 Å². The Bertz CT molecular complexity index is 246. The van der Waals surface area contributed by atoms with Gasteiger partial charge in [-0.15, -0.1) is 0 Å². The van der Waals surface area contributed by atoms with Crippen LogP contribution in [0.4, 0.5) is 5.82 Å². The van der Waals surface area contributed by atoms with Gasteiger partial charge in [0.05, 0.1) is 0 Å². The zero-order chi connectivity index (χ0) is 8.43. The van der Waals surface area contributed by atoms with Gasteiger partial charge in [0.15, 0.2) is 0 Å². The molecule has 0 saturated carbocycles. The lowest BCUT2D eigenvalue weighted by molar-refractivity contribution is 0.940. The topological polar surface area (TPSA) is 77.8 Å². The monoisotopic (exact) mass is 152 g/mol. The first-order valence-corrected chi connectivity index (χ1v) is 3.44.